The zero-order chi connectivity index (χ0) is 23.0. The van der Waals surface area contributed by atoms with Gasteiger partial charge < -0.3 is 14.8 Å². The number of hydrogen-bond acceptors (Lipinski definition) is 7. The summed E-state index contributed by atoms with van der Waals surface area (Å²) in [6.45, 7) is 5.27. The van der Waals surface area contributed by atoms with E-state index in [9.17, 15) is 18.3 Å². The van der Waals surface area contributed by atoms with Crippen LogP contribution in [0.15, 0.2) is 53.2 Å². The lowest BCUT2D eigenvalue weighted by Gasteiger charge is -2.30. The smallest absolute Gasteiger partial charge is 0.235 e. The number of rotatable bonds is 10. The number of furan rings is 1. The fourth-order valence-electron chi connectivity index (χ4n) is 3.63. The maximum absolute atomic E-state index is 12.1. The van der Waals surface area contributed by atoms with Crippen molar-refractivity contribution in [2.75, 3.05) is 25.4 Å². The van der Waals surface area contributed by atoms with Crippen molar-refractivity contribution >= 4 is 15.7 Å². The van der Waals surface area contributed by atoms with Crippen molar-refractivity contribution in [2.24, 2.45) is 5.92 Å². The largest absolute Gasteiger partial charge is 0.511 e. The van der Waals surface area contributed by atoms with Crippen molar-refractivity contribution in [3.63, 3.8) is 0 Å². The molecule has 2 aromatic rings. The molecular weight excluding hydrogens is 430 g/mol. The minimum absolute atomic E-state index is 0.0391. The Kier molecular flexibility index (Phi) is 8.46. The number of pyridine rings is 1. The molecule has 0 unspecified atom stereocenters. The molecule has 1 amide bonds. The number of carbonyl (C=O) groups excluding carboxylic acids is 1. The predicted octanol–water partition coefficient (Wildman–Crippen LogP) is 2.62. The number of nitrogens with one attached hydrogen (secondary N) is 1. The summed E-state index contributed by atoms with van der Waals surface area (Å²) < 4.78 is 29.0. The van der Waals surface area contributed by atoms with Gasteiger partial charge in [0.2, 0.25) is 5.91 Å². The summed E-state index contributed by atoms with van der Waals surface area (Å²) >= 11 is 0. The Morgan fingerprint density at radius 2 is 2.09 bits per heavy atom. The molecular formula is C23H31N3O5S. The SMILES string of the molecule is CC1CCN(Cc2ccnc(C/C=C(\O)CNC(=O)CS(=O)(=O)Cc3ccoc3)c2)CC1. The minimum Gasteiger partial charge on any atom is -0.511 e. The number of aromatic nitrogens is 1. The summed E-state index contributed by atoms with van der Waals surface area (Å²) in [4.78, 5) is 18.7. The highest BCUT2D eigenvalue weighted by Crippen LogP contribution is 2.18. The van der Waals surface area contributed by atoms with Crippen LogP contribution in [0.2, 0.25) is 0 Å². The number of hydrogen-bond donors (Lipinski definition) is 2. The molecule has 1 aliphatic rings. The molecule has 9 heteroatoms. The lowest BCUT2D eigenvalue weighted by molar-refractivity contribution is -0.118. The molecule has 2 N–H and O–H groups in total. The van der Waals surface area contributed by atoms with Crippen molar-refractivity contribution in [1.82, 2.24) is 15.2 Å². The third-order valence-electron chi connectivity index (χ3n) is 5.49. The number of amides is 1. The highest BCUT2D eigenvalue weighted by molar-refractivity contribution is 7.91. The molecule has 2 aromatic heterocycles. The summed E-state index contributed by atoms with van der Waals surface area (Å²) in [6.07, 6.45) is 8.94. The van der Waals surface area contributed by atoms with Gasteiger partial charge in [0.15, 0.2) is 9.84 Å². The molecule has 8 nitrogen and oxygen atoms in total. The maximum atomic E-state index is 12.1. The van der Waals surface area contributed by atoms with Gasteiger partial charge in [-0.25, -0.2) is 8.42 Å². The first-order valence-electron chi connectivity index (χ1n) is 10.8. The van der Waals surface area contributed by atoms with Crippen molar-refractivity contribution in [2.45, 2.75) is 38.5 Å². The summed E-state index contributed by atoms with van der Waals surface area (Å²) in [7, 11) is -3.61. The second-order valence-electron chi connectivity index (χ2n) is 8.45. The van der Waals surface area contributed by atoms with E-state index in [-0.39, 0.29) is 18.1 Å². The zero-order valence-corrected chi connectivity index (χ0v) is 19.2. The molecule has 174 valence electrons. The van der Waals surface area contributed by atoms with Crippen molar-refractivity contribution < 1.29 is 22.7 Å². The maximum Gasteiger partial charge on any atom is 0.235 e. The van der Waals surface area contributed by atoms with Gasteiger partial charge >= 0.3 is 0 Å². The van der Waals surface area contributed by atoms with E-state index in [1.807, 2.05) is 12.1 Å². The molecule has 1 saturated heterocycles. The highest BCUT2D eigenvalue weighted by Gasteiger charge is 2.18. The van der Waals surface area contributed by atoms with Crippen LogP contribution >= 0.6 is 0 Å². The van der Waals surface area contributed by atoms with Gasteiger partial charge in [-0.15, -0.1) is 0 Å². The molecule has 0 aromatic carbocycles. The van der Waals surface area contributed by atoms with Gasteiger partial charge in [-0.1, -0.05) is 6.92 Å². The van der Waals surface area contributed by atoms with E-state index in [4.69, 9.17) is 4.42 Å². The minimum atomic E-state index is -3.61. The molecule has 1 aliphatic heterocycles. The molecule has 0 atom stereocenters. The lowest BCUT2D eigenvalue weighted by Crippen LogP contribution is -2.32. The van der Waals surface area contributed by atoms with Crippen LogP contribution in [0.1, 0.15) is 36.6 Å². The van der Waals surface area contributed by atoms with Crippen molar-refractivity contribution in [3.05, 3.63) is 65.6 Å². The normalized spacial score (nSPS) is 16.2. The second-order valence-corrected chi connectivity index (χ2v) is 10.5. The monoisotopic (exact) mass is 461 g/mol. The number of piperidine rings is 1. The Bertz CT molecular complexity index is 1010. The average Bonchev–Trinajstić information content (AvgIpc) is 3.24. The average molecular weight is 462 g/mol. The van der Waals surface area contributed by atoms with E-state index in [0.29, 0.717) is 12.0 Å². The number of likely N-dealkylation sites (tertiary alicyclic amines) is 1. The molecule has 0 radical (unpaired) electrons. The van der Waals surface area contributed by atoms with Gasteiger partial charge in [0, 0.05) is 30.4 Å². The van der Waals surface area contributed by atoms with Crippen LogP contribution in [0.3, 0.4) is 0 Å². The summed E-state index contributed by atoms with van der Waals surface area (Å²) in [5.41, 5.74) is 2.51. The van der Waals surface area contributed by atoms with Crippen LogP contribution in [0.5, 0.6) is 0 Å². The number of allylic oxidation sites excluding steroid dienone is 1. The molecule has 0 aliphatic carbocycles. The van der Waals surface area contributed by atoms with Gasteiger partial charge in [-0.05, 0) is 61.7 Å². The first-order chi connectivity index (χ1) is 15.3. The van der Waals surface area contributed by atoms with Crippen LogP contribution in [0.25, 0.3) is 0 Å². The molecule has 32 heavy (non-hydrogen) atoms. The summed E-state index contributed by atoms with van der Waals surface area (Å²) in [6, 6.07) is 5.58. The Hall–Kier alpha value is -2.65. The molecule has 0 saturated carbocycles. The predicted molar refractivity (Wildman–Crippen MR) is 122 cm³/mol. The zero-order valence-electron chi connectivity index (χ0n) is 18.4. The molecule has 0 bridgehead atoms. The Morgan fingerprint density at radius 3 is 2.81 bits per heavy atom. The van der Waals surface area contributed by atoms with E-state index in [1.165, 1.54) is 30.9 Å². The summed E-state index contributed by atoms with van der Waals surface area (Å²) in [5, 5.41) is 12.5. The number of carbonyl (C=O) groups is 1. The van der Waals surface area contributed by atoms with E-state index in [2.05, 4.69) is 22.1 Å². The second kappa shape index (κ2) is 11.3. The van der Waals surface area contributed by atoms with Crippen LogP contribution in [0.4, 0.5) is 0 Å². The van der Waals surface area contributed by atoms with E-state index < -0.39 is 21.5 Å². The first kappa shape index (κ1) is 24.0. The van der Waals surface area contributed by atoms with Crippen LogP contribution < -0.4 is 5.32 Å². The van der Waals surface area contributed by atoms with Gasteiger partial charge in [0.1, 0.15) is 11.5 Å². The van der Waals surface area contributed by atoms with E-state index >= 15 is 0 Å². The topological polar surface area (TPSA) is 113 Å². The molecule has 0 spiro atoms. The molecule has 3 rings (SSSR count). The lowest BCUT2D eigenvalue weighted by atomic mass is 9.99. The Labute approximate surface area is 189 Å². The fraction of sp³-hybridized carbons (Fsp3) is 0.478. The number of aliphatic hydroxyl groups excluding tert-OH is 1. The number of sulfone groups is 1. The summed E-state index contributed by atoms with van der Waals surface area (Å²) in [5.74, 6) is -0.821. The van der Waals surface area contributed by atoms with Crippen molar-refractivity contribution in [3.8, 4) is 0 Å². The number of aliphatic hydroxyl groups is 1. The van der Waals surface area contributed by atoms with Gasteiger partial charge in [-0.3, -0.25) is 14.7 Å². The fourth-order valence-corrected chi connectivity index (χ4v) is 4.91. The van der Waals surface area contributed by atoms with Crippen LogP contribution in [0, 0.1) is 5.92 Å². The number of nitrogens with zero attached hydrogens (tertiary/aromatic N) is 2. The third kappa shape index (κ3) is 8.12. The Morgan fingerprint density at radius 1 is 1.31 bits per heavy atom. The first-order valence-corrected chi connectivity index (χ1v) is 12.6. The standard InChI is InChI=1S/C23H31N3O5S/c1-18-5-9-26(10-6-18)14-19-4-8-24-21(12-19)2-3-22(27)13-25-23(28)17-32(29,30)16-20-7-11-31-15-20/h3-4,7-8,11-12,15,18,27H,2,5-6,9-10,13-14,16-17H2,1H3,(H,25,28)/b22-3-. The quantitative estimate of drug-likeness (QED) is 0.523. The molecule has 1 fully saturated rings. The van der Waals surface area contributed by atoms with Crippen molar-refractivity contribution in [1.29, 1.82) is 0 Å². The Balaban J connectivity index is 1.43. The van der Waals surface area contributed by atoms with Gasteiger partial charge in [0.05, 0.1) is 24.8 Å². The van der Waals surface area contributed by atoms with Crippen LogP contribution in [-0.4, -0.2) is 54.7 Å². The van der Waals surface area contributed by atoms with Gasteiger partial charge in [0.25, 0.3) is 0 Å². The van der Waals surface area contributed by atoms with E-state index in [1.54, 1.807) is 18.3 Å². The highest BCUT2D eigenvalue weighted by atomic mass is 32.2. The van der Waals surface area contributed by atoms with Crippen LogP contribution in [-0.2, 0) is 33.4 Å². The van der Waals surface area contributed by atoms with Gasteiger partial charge in [-0.2, -0.15) is 0 Å². The third-order valence-corrected chi connectivity index (χ3v) is 6.97. The molecule has 3 heterocycles. The van der Waals surface area contributed by atoms with E-state index in [0.717, 1.165) is 31.2 Å².